The van der Waals surface area contributed by atoms with E-state index in [2.05, 4.69) is 11.6 Å². The predicted molar refractivity (Wildman–Crippen MR) is 65.7 cm³/mol. The molecule has 1 rings (SSSR count). The smallest absolute Gasteiger partial charge is 0.268 e. The van der Waals surface area contributed by atoms with E-state index in [4.69, 9.17) is 11.6 Å². The molecule has 0 saturated carbocycles. The second-order valence-corrected chi connectivity index (χ2v) is 4.49. The second kappa shape index (κ2) is 4.93. The molecule has 0 radical (unpaired) electrons. The second-order valence-electron chi connectivity index (χ2n) is 3.06. The third kappa shape index (κ3) is 2.81. The van der Waals surface area contributed by atoms with Crippen molar-refractivity contribution in [3.05, 3.63) is 37.6 Å². The Morgan fingerprint density at radius 2 is 2.43 bits per heavy atom. The zero-order valence-corrected chi connectivity index (χ0v) is 10.7. The van der Waals surface area contributed by atoms with Crippen LogP contribution in [-0.2, 0) is 6.54 Å². The molecule has 0 fully saturated rings. The first-order chi connectivity index (χ1) is 6.52. The number of nitrogens with zero attached hydrogens (tertiary/aromatic N) is 2. The maximum atomic E-state index is 11.6. The maximum absolute atomic E-state index is 11.6. The summed E-state index contributed by atoms with van der Waals surface area (Å²) in [6, 6.07) is 0. The van der Waals surface area contributed by atoms with Gasteiger partial charge in [0.25, 0.3) is 5.56 Å². The molecule has 5 heteroatoms. The normalized spacial score (nSPS) is 10.2. The molecular formula is C9H10ClIN2O. The van der Waals surface area contributed by atoms with Crippen LogP contribution in [0.3, 0.4) is 0 Å². The molecule has 1 aromatic heterocycles. The van der Waals surface area contributed by atoms with Crippen LogP contribution in [0.1, 0.15) is 13.3 Å². The fourth-order valence-corrected chi connectivity index (χ4v) is 1.49. The van der Waals surface area contributed by atoms with Gasteiger partial charge in [-0.3, -0.25) is 9.36 Å². The Morgan fingerprint density at radius 1 is 1.79 bits per heavy atom. The highest BCUT2D eigenvalue weighted by molar-refractivity contribution is 14.1. The van der Waals surface area contributed by atoms with Crippen LogP contribution in [0.25, 0.3) is 0 Å². The highest BCUT2D eigenvalue weighted by atomic mass is 127. The topological polar surface area (TPSA) is 34.9 Å². The van der Waals surface area contributed by atoms with E-state index < -0.39 is 0 Å². The Hall–Kier alpha value is -0.360. The van der Waals surface area contributed by atoms with E-state index >= 15 is 0 Å². The number of rotatable bonds is 3. The van der Waals surface area contributed by atoms with Crippen LogP contribution >= 0.6 is 34.2 Å². The molecule has 0 aliphatic heterocycles. The Kier molecular flexibility index (Phi) is 4.12. The van der Waals surface area contributed by atoms with Crippen molar-refractivity contribution in [3.8, 4) is 0 Å². The van der Waals surface area contributed by atoms with Crippen molar-refractivity contribution >= 4 is 34.2 Å². The lowest BCUT2D eigenvalue weighted by Crippen LogP contribution is -2.23. The largest absolute Gasteiger partial charge is 0.298 e. The quantitative estimate of drug-likeness (QED) is 0.486. The van der Waals surface area contributed by atoms with Gasteiger partial charge in [0.05, 0.1) is 6.33 Å². The van der Waals surface area contributed by atoms with E-state index in [1.807, 2.05) is 29.5 Å². The lowest BCUT2D eigenvalue weighted by atomic mass is 10.2. The Labute approximate surface area is 101 Å². The van der Waals surface area contributed by atoms with E-state index in [1.54, 1.807) is 4.57 Å². The van der Waals surface area contributed by atoms with Crippen LogP contribution in [0.4, 0.5) is 0 Å². The third-order valence-corrected chi connectivity index (χ3v) is 3.30. The van der Waals surface area contributed by atoms with Gasteiger partial charge in [-0.05, 0) is 35.9 Å². The Morgan fingerprint density at radius 3 is 3.00 bits per heavy atom. The SMILES string of the molecule is C=C(C)CCn1cnc(Cl)c(I)c1=O. The lowest BCUT2D eigenvalue weighted by Gasteiger charge is -2.05. The van der Waals surface area contributed by atoms with Crippen molar-refractivity contribution in [2.24, 2.45) is 0 Å². The molecule has 1 heterocycles. The summed E-state index contributed by atoms with van der Waals surface area (Å²) in [4.78, 5) is 15.5. The molecule has 0 bridgehead atoms. The van der Waals surface area contributed by atoms with Crippen molar-refractivity contribution < 1.29 is 0 Å². The van der Waals surface area contributed by atoms with Crippen molar-refractivity contribution in [3.63, 3.8) is 0 Å². The molecular weight excluding hydrogens is 314 g/mol. The van der Waals surface area contributed by atoms with Crippen LogP contribution in [0.15, 0.2) is 23.3 Å². The van der Waals surface area contributed by atoms with Gasteiger partial charge in [0.1, 0.15) is 8.72 Å². The fraction of sp³-hybridized carbons (Fsp3) is 0.333. The van der Waals surface area contributed by atoms with E-state index in [-0.39, 0.29) is 10.7 Å². The van der Waals surface area contributed by atoms with Gasteiger partial charge in [-0.25, -0.2) is 4.98 Å². The van der Waals surface area contributed by atoms with E-state index in [0.29, 0.717) is 10.1 Å². The molecule has 14 heavy (non-hydrogen) atoms. The summed E-state index contributed by atoms with van der Waals surface area (Å²) in [6.45, 7) is 6.31. The molecule has 1 aromatic rings. The molecule has 0 amide bonds. The van der Waals surface area contributed by atoms with E-state index in [1.165, 1.54) is 6.33 Å². The summed E-state index contributed by atoms with van der Waals surface area (Å²) in [6.07, 6.45) is 2.25. The molecule has 0 unspecified atom stereocenters. The van der Waals surface area contributed by atoms with Crippen LogP contribution in [0, 0.1) is 3.57 Å². The molecule has 0 spiro atoms. The molecule has 76 valence electrons. The van der Waals surface area contributed by atoms with Gasteiger partial charge in [0.2, 0.25) is 0 Å². The number of allylic oxidation sites excluding steroid dienone is 1. The van der Waals surface area contributed by atoms with Gasteiger partial charge in [-0.15, -0.1) is 6.58 Å². The summed E-state index contributed by atoms with van der Waals surface area (Å²) in [5, 5.41) is 0.266. The van der Waals surface area contributed by atoms with Crippen molar-refractivity contribution in [1.82, 2.24) is 9.55 Å². The molecule has 0 aliphatic rings. The molecule has 0 aromatic carbocycles. The van der Waals surface area contributed by atoms with Gasteiger partial charge < -0.3 is 0 Å². The molecule has 3 nitrogen and oxygen atoms in total. The average Bonchev–Trinajstić information content (AvgIpc) is 2.13. The van der Waals surface area contributed by atoms with E-state index in [9.17, 15) is 4.79 Å². The van der Waals surface area contributed by atoms with Gasteiger partial charge in [0.15, 0.2) is 0 Å². The monoisotopic (exact) mass is 324 g/mol. The minimum Gasteiger partial charge on any atom is -0.298 e. The minimum absolute atomic E-state index is 0.0909. The standard InChI is InChI=1S/C9H10ClIN2O/c1-6(2)3-4-13-5-12-8(10)7(11)9(13)14/h5H,1,3-4H2,2H3. The molecule has 0 N–H and O–H groups in total. The summed E-state index contributed by atoms with van der Waals surface area (Å²) >= 11 is 7.60. The highest BCUT2D eigenvalue weighted by Gasteiger charge is 2.05. The number of aryl methyl sites for hydroxylation is 1. The third-order valence-electron chi connectivity index (χ3n) is 1.72. The number of aromatic nitrogens is 2. The zero-order chi connectivity index (χ0) is 10.7. The zero-order valence-electron chi connectivity index (χ0n) is 7.76. The van der Waals surface area contributed by atoms with Crippen LogP contribution in [0.5, 0.6) is 0 Å². The number of hydrogen-bond donors (Lipinski definition) is 0. The fourth-order valence-electron chi connectivity index (χ4n) is 0.914. The maximum Gasteiger partial charge on any atom is 0.268 e. The van der Waals surface area contributed by atoms with Gasteiger partial charge >= 0.3 is 0 Å². The predicted octanol–water partition coefficient (Wildman–Crippen LogP) is 2.47. The summed E-state index contributed by atoms with van der Waals surface area (Å²) in [7, 11) is 0. The van der Waals surface area contributed by atoms with Crippen LogP contribution in [-0.4, -0.2) is 9.55 Å². The summed E-state index contributed by atoms with van der Waals surface area (Å²) < 4.78 is 2.01. The summed E-state index contributed by atoms with van der Waals surface area (Å²) in [5.74, 6) is 0. The van der Waals surface area contributed by atoms with Gasteiger partial charge in [0, 0.05) is 6.54 Å². The van der Waals surface area contributed by atoms with E-state index in [0.717, 1.165) is 12.0 Å². The summed E-state index contributed by atoms with van der Waals surface area (Å²) in [5.41, 5.74) is 0.953. The minimum atomic E-state index is -0.0909. The first kappa shape index (κ1) is 11.7. The molecule has 0 saturated heterocycles. The first-order valence-corrected chi connectivity index (χ1v) is 5.53. The lowest BCUT2D eigenvalue weighted by molar-refractivity contribution is 0.648. The Balaban J connectivity index is 2.95. The van der Waals surface area contributed by atoms with Gasteiger partial charge in [-0.1, -0.05) is 17.2 Å². The molecule has 0 atom stereocenters. The van der Waals surface area contributed by atoms with Crippen LogP contribution in [0.2, 0.25) is 5.15 Å². The van der Waals surface area contributed by atoms with Crippen LogP contribution < -0.4 is 5.56 Å². The number of hydrogen-bond acceptors (Lipinski definition) is 2. The first-order valence-electron chi connectivity index (χ1n) is 4.07. The van der Waals surface area contributed by atoms with Crippen molar-refractivity contribution in [2.45, 2.75) is 19.9 Å². The van der Waals surface area contributed by atoms with Crippen molar-refractivity contribution in [2.75, 3.05) is 0 Å². The van der Waals surface area contributed by atoms with Gasteiger partial charge in [-0.2, -0.15) is 0 Å². The van der Waals surface area contributed by atoms with Crippen molar-refractivity contribution in [1.29, 1.82) is 0 Å². The highest BCUT2D eigenvalue weighted by Crippen LogP contribution is 2.09. The Bertz CT molecular complexity index is 414. The molecule has 0 aliphatic carbocycles. The number of halogens is 2. The average molecular weight is 325 g/mol.